The molecule has 0 aliphatic carbocycles. The van der Waals surface area contributed by atoms with Crippen molar-refractivity contribution < 1.29 is 4.74 Å². The van der Waals surface area contributed by atoms with Crippen molar-refractivity contribution in [3.63, 3.8) is 0 Å². The van der Waals surface area contributed by atoms with Gasteiger partial charge in [0.25, 0.3) is 0 Å². The molecule has 0 bridgehead atoms. The second-order valence-electron chi connectivity index (χ2n) is 3.71. The molecule has 0 saturated heterocycles. The van der Waals surface area contributed by atoms with Gasteiger partial charge in [-0.15, -0.1) is 0 Å². The molecule has 0 saturated carbocycles. The molecule has 0 unspecified atom stereocenters. The molecule has 0 N–H and O–H groups in total. The third-order valence-corrected chi connectivity index (χ3v) is 4.07. The van der Waals surface area contributed by atoms with E-state index in [0.29, 0.717) is 0 Å². The van der Waals surface area contributed by atoms with Crippen LogP contribution in [0.2, 0.25) is 0 Å². The summed E-state index contributed by atoms with van der Waals surface area (Å²) < 4.78 is 6.67. The van der Waals surface area contributed by atoms with Crippen molar-refractivity contribution in [2.75, 3.05) is 6.61 Å². The van der Waals surface area contributed by atoms with Crippen LogP contribution in [-0.2, 0) is 10.2 Å². The summed E-state index contributed by atoms with van der Waals surface area (Å²) in [5, 5.41) is 0. The van der Waals surface area contributed by atoms with Crippen molar-refractivity contribution in [3.05, 3.63) is 35.9 Å². The Bertz CT molecular complexity index is 303. The van der Waals surface area contributed by atoms with Gasteiger partial charge in [0, 0.05) is 0 Å². The Morgan fingerprint density at radius 2 is 1.86 bits per heavy atom. The number of hydrogen-bond donors (Lipinski definition) is 0. The van der Waals surface area contributed by atoms with Gasteiger partial charge in [-0.05, 0) is 0 Å². The topological polar surface area (TPSA) is 9.23 Å². The van der Waals surface area contributed by atoms with Gasteiger partial charge in [0.15, 0.2) is 0 Å². The van der Waals surface area contributed by atoms with Gasteiger partial charge in [-0.25, -0.2) is 0 Å². The average molecular weight is 304 g/mol. The van der Waals surface area contributed by atoms with Gasteiger partial charge in [0.05, 0.1) is 0 Å². The second kappa shape index (κ2) is 4.96. The van der Waals surface area contributed by atoms with Crippen molar-refractivity contribution in [2.45, 2.75) is 26.2 Å². The fourth-order valence-electron chi connectivity index (χ4n) is 1.28. The fraction of sp³-hybridized carbons (Fsp3) is 0.417. The van der Waals surface area contributed by atoms with Crippen LogP contribution in [0.5, 0.6) is 0 Å². The van der Waals surface area contributed by atoms with E-state index in [1.54, 1.807) is 0 Å². The first-order chi connectivity index (χ1) is 6.59. The predicted octanol–water partition coefficient (Wildman–Crippen LogP) is 2.30. The molecule has 14 heavy (non-hydrogen) atoms. The van der Waals surface area contributed by atoms with Crippen LogP contribution in [0.4, 0.5) is 0 Å². The van der Waals surface area contributed by atoms with E-state index in [0.717, 1.165) is 10.3 Å². The van der Waals surface area contributed by atoms with Crippen LogP contribution in [0.15, 0.2) is 30.3 Å². The van der Waals surface area contributed by atoms with Crippen molar-refractivity contribution in [1.29, 1.82) is 0 Å². The zero-order valence-corrected chi connectivity index (χ0v) is 11.2. The minimum absolute atomic E-state index is 0.00174. The first-order valence-corrected chi connectivity index (χ1v) is 5.98. The molecule has 0 radical (unpaired) electrons. The Hall–Kier alpha value is -0.320. The van der Waals surface area contributed by atoms with Crippen LogP contribution in [0, 0.1) is 0 Å². The summed E-state index contributed by atoms with van der Waals surface area (Å²) in [5.74, 6) is 0. The summed E-state index contributed by atoms with van der Waals surface area (Å²) >= 11 is 1.98. The van der Waals surface area contributed by atoms with Gasteiger partial charge in [-0.3, -0.25) is 0 Å². The average Bonchev–Trinajstić information content (AvgIpc) is 2.19. The SMILES string of the molecule is CCOC(=[Te])C(C)(C)c1ccccc1. The Kier molecular flexibility index (Phi) is 4.16. The summed E-state index contributed by atoms with van der Waals surface area (Å²) in [6.45, 7) is 7.14. The normalized spacial score (nSPS) is 11.1. The van der Waals surface area contributed by atoms with Crippen molar-refractivity contribution in [2.24, 2.45) is 0 Å². The van der Waals surface area contributed by atoms with Crippen molar-refractivity contribution in [3.8, 4) is 0 Å². The molecule has 0 fully saturated rings. The van der Waals surface area contributed by atoms with E-state index < -0.39 is 0 Å². The summed E-state index contributed by atoms with van der Waals surface area (Å²) in [6, 6.07) is 10.5. The van der Waals surface area contributed by atoms with Crippen LogP contribution in [0.3, 0.4) is 0 Å². The Morgan fingerprint density at radius 1 is 1.29 bits per heavy atom. The van der Waals surface area contributed by atoms with Crippen LogP contribution in [0.25, 0.3) is 0 Å². The van der Waals surface area contributed by atoms with Gasteiger partial charge in [0.2, 0.25) is 0 Å². The third kappa shape index (κ3) is 2.59. The van der Waals surface area contributed by atoms with Crippen molar-refractivity contribution in [1.82, 2.24) is 0 Å². The van der Waals surface area contributed by atoms with Crippen LogP contribution >= 0.6 is 0 Å². The van der Waals surface area contributed by atoms with E-state index in [2.05, 4.69) is 38.1 Å². The Labute approximate surface area is 98.9 Å². The van der Waals surface area contributed by atoms with E-state index in [1.807, 2.05) is 34.8 Å². The number of hydrogen-bond acceptors (Lipinski definition) is 1. The summed E-state index contributed by atoms with van der Waals surface area (Å²) in [7, 11) is 0. The van der Waals surface area contributed by atoms with Crippen LogP contribution < -0.4 is 0 Å². The standard InChI is InChI=1S/C12H16OTe/c1-4-13-11(14)12(2,3)10-8-6-5-7-9-10/h5-9H,4H2,1-3H3. The summed E-state index contributed by atoms with van der Waals surface area (Å²) in [5.41, 5.74) is 1.30. The predicted molar refractivity (Wildman–Crippen MR) is 61.9 cm³/mol. The molecule has 76 valence electrons. The molecule has 0 amide bonds. The Morgan fingerprint density at radius 3 is 2.36 bits per heavy atom. The fourth-order valence-corrected chi connectivity index (χ4v) is 1.96. The molecule has 0 aliphatic heterocycles. The van der Waals surface area contributed by atoms with Crippen LogP contribution in [-0.4, -0.2) is 32.2 Å². The molecule has 0 spiro atoms. The summed E-state index contributed by atoms with van der Waals surface area (Å²) in [6.07, 6.45) is 0. The van der Waals surface area contributed by atoms with E-state index in [-0.39, 0.29) is 5.41 Å². The van der Waals surface area contributed by atoms with E-state index >= 15 is 0 Å². The monoisotopic (exact) mass is 306 g/mol. The van der Waals surface area contributed by atoms with Gasteiger partial charge in [-0.1, -0.05) is 0 Å². The molecule has 1 rings (SSSR count). The molecule has 0 atom stereocenters. The van der Waals surface area contributed by atoms with E-state index in [1.165, 1.54) is 5.56 Å². The number of rotatable bonds is 4. The minimum atomic E-state index is 0.00174. The molecule has 1 aromatic carbocycles. The molecular weight excluding hydrogens is 288 g/mol. The van der Waals surface area contributed by atoms with Gasteiger partial charge in [-0.2, -0.15) is 0 Å². The molecule has 0 aromatic heterocycles. The molecular formula is C12H16OTe. The van der Waals surface area contributed by atoms with Crippen LogP contribution in [0.1, 0.15) is 26.3 Å². The second-order valence-corrected chi connectivity index (χ2v) is 4.77. The molecule has 1 aromatic rings. The molecule has 1 nitrogen and oxygen atoms in total. The third-order valence-electron chi connectivity index (χ3n) is 2.28. The van der Waals surface area contributed by atoms with Crippen molar-refractivity contribution >= 4 is 25.6 Å². The van der Waals surface area contributed by atoms with Gasteiger partial charge < -0.3 is 0 Å². The van der Waals surface area contributed by atoms with E-state index in [4.69, 9.17) is 4.74 Å². The summed E-state index contributed by atoms with van der Waals surface area (Å²) in [4.78, 5) is 0. The quantitative estimate of drug-likeness (QED) is 0.776. The maximum absolute atomic E-state index is 5.58. The zero-order valence-electron chi connectivity index (χ0n) is 8.91. The number of benzene rings is 1. The molecule has 0 heterocycles. The van der Waals surface area contributed by atoms with Gasteiger partial charge in [0.1, 0.15) is 0 Å². The number of ether oxygens (including phenoxy) is 1. The first kappa shape index (κ1) is 11.8. The zero-order chi connectivity index (χ0) is 10.6. The molecule has 2 heteroatoms. The molecule has 0 aliphatic rings. The first-order valence-electron chi connectivity index (χ1n) is 4.81. The Balaban J connectivity index is 2.90. The maximum atomic E-state index is 5.58. The van der Waals surface area contributed by atoms with E-state index in [9.17, 15) is 0 Å². The van der Waals surface area contributed by atoms with Gasteiger partial charge >= 0.3 is 99.0 Å².